The highest BCUT2D eigenvalue weighted by Crippen LogP contribution is 2.33. The highest BCUT2D eigenvalue weighted by atomic mass is 19.3. The van der Waals surface area contributed by atoms with Crippen molar-refractivity contribution in [2.24, 2.45) is 0 Å². The van der Waals surface area contributed by atoms with Gasteiger partial charge < -0.3 is 4.74 Å². The predicted octanol–water partition coefficient (Wildman–Crippen LogP) is 4.37. The maximum atomic E-state index is 13.7. The quantitative estimate of drug-likeness (QED) is 0.603. The van der Waals surface area contributed by atoms with E-state index in [1.807, 2.05) is 0 Å². The first-order chi connectivity index (χ1) is 9.31. The van der Waals surface area contributed by atoms with Crippen molar-refractivity contribution in [1.82, 2.24) is 0 Å². The van der Waals surface area contributed by atoms with Crippen LogP contribution in [0.25, 0.3) is 0 Å². The molecule has 0 radical (unpaired) electrons. The maximum Gasteiger partial charge on any atom is 0.429 e. The molecular formula is C13H6F6O. The monoisotopic (exact) mass is 292 g/mol. The topological polar surface area (TPSA) is 9.23 Å². The van der Waals surface area contributed by atoms with Gasteiger partial charge in [-0.2, -0.15) is 8.78 Å². The lowest BCUT2D eigenvalue weighted by molar-refractivity contribution is -0.187. The Hall–Kier alpha value is -2.18. The van der Waals surface area contributed by atoms with Gasteiger partial charge in [-0.05, 0) is 12.1 Å². The minimum absolute atomic E-state index is 0.243. The van der Waals surface area contributed by atoms with Crippen molar-refractivity contribution in [1.29, 1.82) is 0 Å². The third-order valence-corrected chi connectivity index (χ3v) is 2.39. The van der Waals surface area contributed by atoms with Gasteiger partial charge in [0.1, 0.15) is 11.6 Å². The van der Waals surface area contributed by atoms with E-state index in [1.165, 1.54) is 6.07 Å². The van der Waals surface area contributed by atoms with Gasteiger partial charge in [0.05, 0.1) is 5.56 Å². The molecule has 0 aliphatic heterocycles. The van der Waals surface area contributed by atoms with Crippen molar-refractivity contribution >= 4 is 0 Å². The van der Waals surface area contributed by atoms with E-state index in [4.69, 9.17) is 0 Å². The molecule has 0 aromatic heterocycles. The van der Waals surface area contributed by atoms with Gasteiger partial charge >= 0.3 is 6.11 Å². The molecule has 0 amide bonds. The van der Waals surface area contributed by atoms with Crippen molar-refractivity contribution < 1.29 is 31.1 Å². The van der Waals surface area contributed by atoms with E-state index in [2.05, 4.69) is 4.74 Å². The Morgan fingerprint density at radius 1 is 0.800 bits per heavy atom. The average Bonchev–Trinajstić information content (AvgIpc) is 2.35. The van der Waals surface area contributed by atoms with Crippen molar-refractivity contribution in [2.45, 2.75) is 6.11 Å². The van der Waals surface area contributed by atoms with E-state index < -0.39 is 40.7 Å². The second-order valence-electron chi connectivity index (χ2n) is 3.80. The molecule has 0 bridgehead atoms. The summed E-state index contributed by atoms with van der Waals surface area (Å²) in [5, 5.41) is 0. The Kier molecular flexibility index (Phi) is 3.61. The predicted molar refractivity (Wildman–Crippen MR) is 57.2 cm³/mol. The third kappa shape index (κ3) is 2.71. The molecule has 0 saturated carbocycles. The summed E-state index contributed by atoms with van der Waals surface area (Å²) < 4.78 is 83.1. The fraction of sp³-hybridized carbons (Fsp3) is 0.0769. The zero-order valence-electron chi connectivity index (χ0n) is 9.64. The Labute approximate surface area is 109 Å². The van der Waals surface area contributed by atoms with E-state index in [-0.39, 0.29) is 12.1 Å². The molecule has 0 aliphatic rings. The minimum Gasteiger partial charge on any atom is -0.429 e. The first kappa shape index (κ1) is 14.2. The summed E-state index contributed by atoms with van der Waals surface area (Å²) in [6.07, 6.45) is -4.16. The third-order valence-electron chi connectivity index (χ3n) is 2.39. The minimum atomic E-state index is -4.16. The van der Waals surface area contributed by atoms with Crippen LogP contribution >= 0.6 is 0 Å². The van der Waals surface area contributed by atoms with Gasteiger partial charge in [0.25, 0.3) is 0 Å². The zero-order valence-corrected chi connectivity index (χ0v) is 9.64. The Balaban J connectivity index is 2.36. The van der Waals surface area contributed by atoms with Crippen molar-refractivity contribution in [3.05, 3.63) is 65.2 Å². The summed E-state index contributed by atoms with van der Waals surface area (Å²) in [4.78, 5) is 0. The number of rotatable bonds is 3. The average molecular weight is 292 g/mol. The van der Waals surface area contributed by atoms with Crippen LogP contribution in [0.15, 0.2) is 36.4 Å². The lowest BCUT2D eigenvalue weighted by Crippen LogP contribution is -2.23. The summed E-state index contributed by atoms with van der Waals surface area (Å²) in [7, 11) is 0. The van der Waals surface area contributed by atoms with Crippen LogP contribution in [-0.4, -0.2) is 0 Å². The summed E-state index contributed by atoms with van der Waals surface area (Å²) in [6.45, 7) is 0. The van der Waals surface area contributed by atoms with Crippen LogP contribution in [0.5, 0.6) is 5.75 Å². The maximum absolute atomic E-state index is 13.7. The van der Waals surface area contributed by atoms with E-state index in [0.717, 1.165) is 18.2 Å². The molecule has 2 aromatic rings. The number of hydrogen-bond donors (Lipinski definition) is 0. The molecule has 0 unspecified atom stereocenters. The second kappa shape index (κ2) is 5.07. The molecule has 1 nitrogen and oxygen atoms in total. The Bertz CT molecular complexity index is 618. The van der Waals surface area contributed by atoms with Gasteiger partial charge in [0.15, 0.2) is 17.5 Å². The molecule has 0 aliphatic carbocycles. The van der Waals surface area contributed by atoms with Gasteiger partial charge in [0.2, 0.25) is 0 Å². The number of ether oxygens (including phenoxy) is 1. The highest BCUT2D eigenvalue weighted by molar-refractivity contribution is 5.28. The van der Waals surface area contributed by atoms with Crippen LogP contribution in [0.4, 0.5) is 26.3 Å². The zero-order chi connectivity index (χ0) is 14.9. The Morgan fingerprint density at radius 2 is 1.35 bits per heavy atom. The molecule has 2 rings (SSSR count). The molecule has 0 saturated heterocycles. The van der Waals surface area contributed by atoms with Crippen molar-refractivity contribution in [2.75, 3.05) is 0 Å². The number of benzene rings is 2. The summed E-state index contributed by atoms with van der Waals surface area (Å²) in [6, 6.07) is 4.35. The van der Waals surface area contributed by atoms with Crippen LogP contribution in [0.1, 0.15) is 5.56 Å². The summed E-state index contributed by atoms with van der Waals surface area (Å²) >= 11 is 0. The SMILES string of the molecule is Fc1ccccc1C(F)(F)Oc1cc(F)c(F)c(F)c1. The largest absolute Gasteiger partial charge is 0.429 e. The molecule has 0 atom stereocenters. The number of hydrogen-bond acceptors (Lipinski definition) is 1. The van der Waals surface area contributed by atoms with Crippen LogP contribution < -0.4 is 4.74 Å². The molecule has 2 aromatic carbocycles. The lowest BCUT2D eigenvalue weighted by atomic mass is 10.2. The van der Waals surface area contributed by atoms with Crippen molar-refractivity contribution in [3.63, 3.8) is 0 Å². The molecule has 0 heterocycles. The molecule has 20 heavy (non-hydrogen) atoms. The van der Waals surface area contributed by atoms with Crippen LogP contribution in [0, 0.1) is 23.3 Å². The second-order valence-corrected chi connectivity index (χ2v) is 3.80. The molecule has 106 valence electrons. The molecule has 0 spiro atoms. The van der Waals surface area contributed by atoms with Crippen LogP contribution in [-0.2, 0) is 6.11 Å². The molecule has 7 heteroatoms. The van der Waals surface area contributed by atoms with E-state index in [1.54, 1.807) is 0 Å². The number of alkyl halides is 2. The van der Waals surface area contributed by atoms with Gasteiger partial charge in [-0.15, -0.1) is 0 Å². The van der Waals surface area contributed by atoms with Gasteiger partial charge in [0, 0.05) is 12.1 Å². The van der Waals surface area contributed by atoms with Gasteiger partial charge in [-0.3, -0.25) is 0 Å². The van der Waals surface area contributed by atoms with E-state index >= 15 is 0 Å². The fourth-order valence-corrected chi connectivity index (χ4v) is 1.49. The van der Waals surface area contributed by atoms with Crippen LogP contribution in [0.3, 0.4) is 0 Å². The lowest BCUT2D eigenvalue weighted by Gasteiger charge is -2.18. The van der Waals surface area contributed by atoms with Crippen LogP contribution in [0.2, 0.25) is 0 Å². The first-order valence-corrected chi connectivity index (χ1v) is 5.27. The van der Waals surface area contributed by atoms with E-state index in [0.29, 0.717) is 0 Å². The molecule has 0 N–H and O–H groups in total. The van der Waals surface area contributed by atoms with Gasteiger partial charge in [-0.25, -0.2) is 17.6 Å². The smallest absolute Gasteiger partial charge is 0.429 e. The standard InChI is InChI=1S/C13H6F6O/c14-9-4-2-1-3-8(9)13(18,19)20-7-5-10(15)12(17)11(16)6-7/h1-6H. The summed E-state index contributed by atoms with van der Waals surface area (Å²) in [5.74, 6) is -7.41. The number of halogens is 6. The normalized spacial score (nSPS) is 11.5. The molecule has 0 fully saturated rings. The van der Waals surface area contributed by atoms with E-state index in [9.17, 15) is 26.3 Å². The van der Waals surface area contributed by atoms with Gasteiger partial charge in [-0.1, -0.05) is 12.1 Å². The molecular weight excluding hydrogens is 286 g/mol. The first-order valence-electron chi connectivity index (χ1n) is 5.27. The summed E-state index contributed by atoms with van der Waals surface area (Å²) in [5.41, 5.74) is -1.11. The van der Waals surface area contributed by atoms with Crippen molar-refractivity contribution in [3.8, 4) is 5.75 Å². The fourth-order valence-electron chi connectivity index (χ4n) is 1.49. The Morgan fingerprint density at radius 3 is 1.90 bits per heavy atom. The highest BCUT2D eigenvalue weighted by Gasteiger charge is 2.37.